The number of H-pyrrole nitrogens is 1. The number of benzene rings is 1. The normalized spacial score (nSPS) is 17.1. The van der Waals surface area contributed by atoms with Gasteiger partial charge < -0.3 is 14.6 Å². The van der Waals surface area contributed by atoms with Crippen LogP contribution in [-0.4, -0.2) is 43.5 Å². The zero-order chi connectivity index (χ0) is 26.3. The zero-order valence-corrected chi connectivity index (χ0v) is 21.8. The van der Waals surface area contributed by atoms with Crippen LogP contribution in [0.4, 0.5) is 5.82 Å². The molecular weight excluding hydrogens is 480 g/mol. The molecule has 0 saturated carbocycles. The second kappa shape index (κ2) is 9.42. The fraction of sp³-hybridized carbons (Fsp3) is 0.346. The summed E-state index contributed by atoms with van der Waals surface area (Å²) in [4.78, 5) is 34.0. The number of aromatic nitrogens is 2. The van der Waals surface area contributed by atoms with Crippen LogP contribution in [0.1, 0.15) is 43.1 Å². The molecule has 9 nitrogen and oxygen atoms in total. The van der Waals surface area contributed by atoms with Crippen molar-refractivity contribution < 1.29 is 17.9 Å². The molecule has 0 radical (unpaired) electrons. The number of aryl methyl sites for hydroxylation is 1. The zero-order valence-electron chi connectivity index (χ0n) is 21.0. The van der Waals surface area contributed by atoms with Crippen molar-refractivity contribution in [2.75, 3.05) is 18.6 Å². The van der Waals surface area contributed by atoms with Crippen molar-refractivity contribution in [3.05, 3.63) is 70.1 Å². The topological polar surface area (TPSA) is 121 Å². The Morgan fingerprint density at radius 3 is 2.61 bits per heavy atom. The highest BCUT2D eigenvalue weighted by atomic mass is 32.2. The van der Waals surface area contributed by atoms with Crippen LogP contribution in [0, 0.1) is 12.8 Å². The molecule has 1 unspecified atom stereocenters. The maximum Gasteiger partial charge on any atom is 0.269 e. The van der Waals surface area contributed by atoms with Crippen molar-refractivity contribution in [2.24, 2.45) is 5.92 Å². The van der Waals surface area contributed by atoms with Crippen LogP contribution in [0.5, 0.6) is 5.75 Å². The van der Waals surface area contributed by atoms with Gasteiger partial charge >= 0.3 is 0 Å². The molecule has 0 aliphatic carbocycles. The first-order chi connectivity index (χ1) is 17.0. The minimum absolute atomic E-state index is 0.107. The van der Waals surface area contributed by atoms with E-state index in [1.54, 1.807) is 19.2 Å². The van der Waals surface area contributed by atoms with Gasteiger partial charge in [0.2, 0.25) is 0 Å². The number of carbonyl (C=O) groups is 1. The van der Waals surface area contributed by atoms with Crippen LogP contribution >= 0.6 is 0 Å². The van der Waals surface area contributed by atoms with E-state index in [4.69, 9.17) is 9.72 Å². The Labute approximate surface area is 210 Å². The lowest BCUT2D eigenvalue weighted by atomic mass is 9.90. The Balaban J connectivity index is 1.80. The Morgan fingerprint density at radius 2 is 1.97 bits per heavy atom. The summed E-state index contributed by atoms with van der Waals surface area (Å²) < 4.78 is 33.2. The van der Waals surface area contributed by atoms with E-state index in [0.29, 0.717) is 29.7 Å². The lowest BCUT2D eigenvalue weighted by Gasteiger charge is -2.36. The fourth-order valence-corrected chi connectivity index (χ4v) is 5.45. The van der Waals surface area contributed by atoms with E-state index >= 15 is 0 Å². The van der Waals surface area contributed by atoms with Crippen molar-refractivity contribution in [2.45, 2.75) is 44.6 Å². The number of sulfonamides is 1. The third-order valence-electron chi connectivity index (χ3n) is 7.07. The molecule has 1 aliphatic heterocycles. The molecule has 1 aliphatic rings. The van der Waals surface area contributed by atoms with Crippen molar-refractivity contribution in [3.8, 4) is 17.0 Å². The molecule has 2 aromatic heterocycles. The van der Waals surface area contributed by atoms with Crippen LogP contribution < -0.4 is 19.9 Å². The van der Waals surface area contributed by atoms with Gasteiger partial charge in [-0.1, -0.05) is 19.1 Å². The molecule has 3 aromatic rings. The first-order valence-electron chi connectivity index (χ1n) is 11.6. The molecule has 1 atom stereocenters. The van der Waals surface area contributed by atoms with Crippen molar-refractivity contribution >= 4 is 21.7 Å². The SMILES string of the molecule is COc1cc(-c2ccc(C(=O)NS(=O)(=O)c3ccc[nH]c3=O)c(N3CCC(C)C3(C)C)n2)ccc1C. The van der Waals surface area contributed by atoms with Gasteiger partial charge in [-0.3, -0.25) is 9.59 Å². The maximum absolute atomic E-state index is 13.3. The largest absolute Gasteiger partial charge is 0.496 e. The molecule has 3 heterocycles. The molecule has 10 heteroatoms. The minimum Gasteiger partial charge on any atom is -0.496 e. The molecule has 0 bridgehead atoms. The Bertz CT molecular complexity index is 1480. The van der Waals surface area contributed by atoms with E-state index in [-0.39, 0.29) is 11.1 Å². The van der Waals surface area contributed by atoms with Crippen LogP contribution in [-0.2, 0) is 10.0 Å². The summed E-state index contributed by atoms with van der Waals surface area (Å²) in [6.45, 7) is 8.90. The number of ether oxygens (including phenoxy) is 1. The van der Waals surface area contributed by atoms with Gasteiger partial charge in [-0.15, -0.1) is 0 Å². The first-order valence-corrected chi connectivity index (χ1v) is 13.1. The molecule has 1 saturated heterocycles. The van der Waals surface area contributed by atoms with Crippen LogP contribution in [0.25, 0.3) is 11.3 Å². The number of nitrogens with zero attached hydrogens (tertiary/aromatic N) is 2. The van der Waals surface area contributed by atoms with E-state index in [9.17, 15) is 18.0 Å². The highest BCUT2D eigenvalue weighted by Gasteiger charge is 2.41. The average molecular weight is 511 g/mol. The molecule has 36 heavy (non-hydrogen) atoms. The Kier molecular flexibility index (Phi) is 6.66. The molecule has 2 N–H and O–H groups in total. The summed E-state index contributed by atoms with van der Waals surface area (Å²) >= 11 is 0. The minimum atomic E-state index is -4.40. The van der Waals surface area contributed by atoms with E-state index in [1.807, 2.05) is 34.7 Å². The highest BCUT2D eigenvalue weighted by molar-refractivity contribution is 7.90. The standard InChI is InChI=1S/C26H30N4O5S/c1-16-8-9-18(15-21(16)35-5)20-11-10-19(23(28-20)30-14-12-17(2)26(30,3)4)24(31)29-36(33,34)22-7-6-13-27-25(22)32/h6-11,13,15,17H,12,14H2,1-5H3,(H,27,32)(H,29,31). The molecule has 190 valence electrons. The fourth-order valence-electron chi connectivity index (χ4n) is 4.43. The van der Waals surface area contributed by atoms with E-state index < -0.39 is 26.4 Å². The quantitative estimate of drug-likeness (QED) is 0.521. The van der Waals surface area contributed by atoms with Crippen molar-refractivity contribution in [3.63, 3.8) is 0 Å². The number of aromatic amines is 1. The summed E-state index contributed by atoms with van der Waals surface area (Å²) in [6, 6.07) is 11.5. The predicted molar refractivity (Wildman–Crippen MR) is 138 cm³/mol. The molecule has 0 spiro atoms. The summed E-state index contributed by atoms with van der Waals surface area (Å²) in [5, 5.41) is 0. The molecule has 4 rings (SSSR count). The number of amides is 1. The number of rotatable bonds is 6. The Hall–Kier alpha value is -3.66. The van der Waals surface area contributed by atoms with Gasteiger partial charge in [0.1, 0.15) is 11.6 Å². The van der Waals surface area contributed by atoms with Gasteiger partial charge in [0.15, 0.2) is 4.90 Å². The number of methoxy groups -OCH3 is 1. The van der Waals surface area contributed by atoms with E-state index in [1.165, 1.54) is 12.3 Å². The van der Waals surface area contributed by atoms with Crippen LogP contribution in [0.15, 0.2) is 58.4 Å². The maximum atomic E-state index is 13.3. The first kappa shape index (κ1) is 25.4. The van der Waals surface area contributed by atoms with E-state index in [0.717, 1.165) is 23.6 Å². The van der Waals surface area contributed by atoms with Gasteiger partial charge in [-0.2, -0.15) is 0 Å². The third kappa shape index (κ3) is 4.60. The molecule has 1 amide bonds. The summed E-state index contributed by atoms with van der Waals surface area (Å²) in [5.74, 6) is 0.567. The lowest BCUT2D eigenvalue weighted by Crippen LogP contribution is -2.44. The van der Waals surface area contributed by atoms with Gasteiger partial charge in [-0.05, 0) is 69.0 Å². The van der Waals surface area contributed by atoms with Crippen molar-refractivity contribution in [1.82, 2.24) is 14.7 Å². The number of pyridine rings is 2. The Morgan fingerprint density at radius 1 is 1.22 bits per heavy atom. The van der Waals surface area contributed by atoms with Gasteiger partial charge in [0, 0.05) is 23.8 Å². The van der Waals surface area contributed by atoms with Gasteiger partial charge in [0.05, 0.1) is 18.4 Å². The number of nitrogens with one attached hydrogen (secondary N) is 2. The smallest absolute Gasteiger partial charge is 0.269 e. The number of anilines is 1. The lowest BCUT2D eigenvalue weighted by molar-refractivity contribution is 0.0981. The average Bonchev–Trinajstić information content (AvgIpc) is 3.10. The summed E-state index contributed by atoms with van der Waals surface area (Å²) in [7, 11) is -2.80. The third-order valence-corrected chi connectivity index (χ3v) is 8.42. The molecular formula is C26H30N4O5S. The number of hydrogen-bond donors (Lipinski definition) is 2. The van der Waals surface area contributed by atoms with Gasteiger partial charge in [0.25, 0.3) is 21.5 Å². The summed E-state index contributed by atoms with van der Waals surface area (Å²) in [6.07, 6.45) is 2.22. The number of carbonyl (C=O) groups excluding carboxylic acids is 1. The van der Waals surface area contributed by atoms with E-state index in [2.05, 4.69) is 25.8 Å². The number of hydrogen-bond acceptors (Lipinski definition) is 7. The van der Waals surface area contributed by atoms with Gasteiger partial charge in [-0.25, -0.2) is 18.1 Å². The summed E-state index contributed by atoms with van der Waals surface area (Å²) in [5.41, 5.74) is 1.39. The predicted octanol–water partition coefficient (Wildman–Crippen LogP) is 3.50. The monoisotopic (exact) mass is 510 g/mol. The second-order valence-corrected chi connectivity index (χ2v) is 11.2. The second-order valence-electron chi connectivity index (χ2n) is 9.55. The van der Waals surface area contributed by atoms with Crippen LogP contribution in [0.3, 0.4) is 0 Å². The van der Waals surface area contributed by atoms with Crippen molar-refractivity contribution in [1.29, 1.82) is 0 Å². The highest BCUT2D eigenvalue weighted by Crippen LogP contribution is 2.39. The molecule has 1 fully saturated rings. The molecule has 1 aromatic carbocycles. The van der Waals surface area contributed by atoms with Crippen LogP contribution in [0.2, 0.25) is 0 Å².